The summed E-state index contributed by atoms with van der Waals surface area (Å²) in [6, 6.07) is 32.5. The molecule has 0 aliphatic carbocycles. The zero-order valence-corrected chi connectivity index (χ0v) is 27.6. The van der Waals surface area contributed by atoms with Crippen LogP contribution in [0.25, 0.3) is 0 Å². The second-order valence-electron chi connectivity index (χ2n) is 10.2. The van der Waals surface area contributed by atoms with Crippen molar-refractivity contribution in [3.8, 4) is 23.0 Å². The lowest BCUT2D eigenvalue weighted by molar-refractivity contribution is 0.0588. The maximum absolute atomic E-state index is 13.9. The second kappa shape index (κ2) is 15.0. The molecule has 5 rings (SSSR count). The summed E-state index contributed by atoms with van der Waals surface area (Å²) < 4.78 is 33.8. The molecule has 0 aromatic heterocycles. The van der Waals surface area contributed by atoms with Crippen molar-refractivity contribution in [1.29, 1.82) is 0 Å². The molecule has 0 saturated carbocycles. The van der Waals surface area contributed by atoms with Crippen molar-refractivity contribution in [2.75, 3.05) is 52.5 Å². The highest BCUT2D eigenvalue weighted by atomic mass is 16.5. The zero-order valence-electron chi connectivity index (χ0n) is 27.6. The van der Waals surface area contributed by atoms with E-state index in [0.717, 1.165) is 0 Å². The van der Waals surface area contributed by atoms with E-state index in [1.165, 1.54) is 14.2 Å². The van der Waals surface area contributed by atoms with Crippen molar-refractivity contribution in [3.05, 3.63) is 120 Å². The smallest absolute Gasteiger partial charge is 0.340 e. The molecule has 5 aromatic carbocycles. The van der Waals surface area contributed by atoms with Gasteiger partial charge in [-0.05, 0) is 60.7 Å². The van der Waals surface area contributed by atoms with Crippen molar-refractivity contribution in [1.82, 2.24) is 0 Å². The van der Waals surface area contributed by atoms with Crippen LogP contribution in [0.2, 0.25) is 0 Å². The Morgan fingerprint density at radius 1 is 0.396 bits per heavy atom. The van der Waals surface area contributed by atoms with Crippen molar-refractivity contribution in [3.63, 3.8) is 0 Å². The fraction of sp³-hybridized carbons (Fsp3) is 0.158. The predicted molar refractivity (Wildman–Crippen MR) is 185 cm³/mol. The van der Waals surface area contributed by atoms with Gasteiger partial charge in [0.25, 0.3) is 0 Å². The maximum atomic E-state index is 13.9. The van der Waals surface area contributed by atoms with E-state index in [4.69, 9.17) is 28.4 Å². The molecule has 0 spiro atoms. The van der Waals surface area contributed by atoms with Gasteiger partial charge in [-0.1, -0.05) is 48.5 Å². The lowest BCUT2D eigenvalue weighted by atomic mass is 10.0. The SMILES string of the molecule is COC(=O)c1cc(N(c2ccccc2OC)c2ccccc2OC)c(C(=O)OC)cc1N(c1ccccc1OC)c1ccccc1OC. The third-order valence-electron chi connectivity index (χ3n) is 7.71. The van der Waals surface area contributed by atoms with Crippen LogP contribution >= 0.6 is 0 Å². The molecule has 0 atom stereocenters. The largest absolute Gasteiger partial charge is 0.495 e. The van der Waals surface area contributed by atoms with Gasteiger partial charge in [-0.25, -0.2) is 9.59 Å². The maximum Gasteiger partial charge on any atom is 0.340 e. The van der Waals surface area contributed by atoms with Gasteiger partial charge in [0.05, 0.1) is 87.9 Å². The van der Waals surface area contributed by atoms with E-state index in [2.05, 4.69) is 0 Å². The van der Waals surface area contributed by atoms with E-state index in [9.17, 15) is 9.59 Å². The summed E-state index contributed by atoms with van der Waals surface area (Å²) in [5.41, 5.74) is 3.17. The number of esters is 2. The molecule has 0 unspecified atom stereocenters. The van der Waals surface area contributed by atoms with Crippen molar-refractivity contribution in [2.45, 2.75) is 0 Å². The summed E-state index contributed by atoms with van der Waals surface area (Å²) in [5, 5.41) is 0. The molecule has 0 fully saturated rings. The molecule has 0 radical (unpaired) electrons. The van der Waals surface area contributed by atoms with E-state index in [-0.39, 0.29) is 11.1 Å². The van der Waals surface area contributed by atoms with Gasteiger partial charge in [0.2, 0.25) is 0 Å². The van der Waals surface area contributed by atoms with Gasteiger partial charge in [-0.3, -0.25) is 0 Å². The summed E-state index contributed by atoms with van der Waals surface area (Å²) in [6.07, 6.45) is 0. The van der Waals surface area contributed by atoms with Crippen molar-refractivity contribution in [2.24, 2.45) is 0 Å². The summed E-state index contributed by atoms with van der Waals surface area (Å²) >= 11 is 0. The molecule has 0 amide bonds. The molecular formula is C38H36N2O8. The van der Waals surface area contributed by atoms with Crippen molar-refractivity contribution >= 4 is 46.1 Å². The molecule has 246 valence electrons. The molecule has 0 aliphatic heterocycles. The number of benzene rings is 5. The van der Waals surface area contributed by atoms with Crippen LogP contribution in [0.4, 0.5) is 34.1 Å². The fourth-order valence-electron chi connectivity index (χ4n) is 5.53. The normalized spacial score (nSPS) is 10.5. The average molecular weight is 649 g/mol. The van der Waals surface area contributed by atoms with Crippen LogP contribution < -0.4 is 28.7 Å². The molecular weight excluding hydrogens is 612 g/mol. The summed E-state index contributed by atoms with van der Waals surface area (Å²) in [5.74, 6) is 0.718. The number of hydrogen-bond acceptors (Lipinski definition) is 10. The Morgan fingerprint density at radius 3 is 0.875 bits per heavy atom. The van der Waals surface area contributed by atoms with Crippen LogP contribution in [0.15, 0.2) is 109 Å². The highest BCUT2D eigenvalue weighted by Gasteiger charge is 2.32. The Balaban J connectivity index is 1.95. The molecule has 0 N–H and O–H groups in total. The van der Waals surface area contributed by atoms with Gasteiger partial charge in [0.1, 0.15) is 23.0 Å². The minimum Gasteiger partial charge on any atom is -0.495 e. The molecule has 10 heteroatoms. The first-order valence-electron chi connectivity index (χ1n) is 14.9. The number of carbonyl (C=O) groups is 2. The quantitative estimate of drug-likeness (QED) is 0.123. The Hall–Kier alpha value is -6.16. The topological polar surface area (TPSA) is 96.0 Å². The summed E-state index contributed by atoms with van der Waals surface area (Å²) in [4.78, 5) is 31.3. The van der Waals surface area contributed by atoms with Crippen molar-refractivity contribution < 1.29 is 38.0 Å². The van der Waals surface area contributed by atoms with Gasteiger partial charge < -0.3 is 38.2 Å². The van der Waals surface area contributed by atoms with Gasteiger partial charge in [0, 0.05) is 0 Å². The first kappa shape index (κ1) is 33.2. The Morgan fingerprint density at radius 2 is 0.646 bits per heavy atom. The molecule has 0 bridgehead atoms. The number of nitrogens with zero attached hydrogens (tertiary/aromatic N) is 2. The molecule has 10 nitrogen and oxygen atoms in total. The lowest BCUT2D eigenvalue weighted by Gasteiger charge is -2.33. The van der Waals surface area contributed by atoms with Crippen LogP contribution in [-0.4, -0.2) is 54.6 Å². The molecule has 0 saturated heterocycles. The monoisotopic (exact) mass is 648 g/mol. The lowest BCUT2D eigenvalue weighted by Crippen LogP contribution is -2.21. The molecule has 5 aromatic rings. The van der Waals surface area contributed by atoms with E-state index >= 15 is 0 Å². The third kappa shape index (κ3) is 6.28. The van der Waals surface area contributed by atoms with E-state index in [1.807, 2.05) is 72.8 Å². The van der Waals surface area contributed by atoms with E-state index in [1.54, 1.807) is 74.6 Å². The second-order valence-corrected chi connectivity index (χ2v) is 10.2. The highest BCUT2D eigenvalue weighted by Crippen LogP contribution is 2.50. The average Bonchev–Trinajstić information content (AvgIpc) is 3.15. The number of hydrogen-bond donors (Lipinski definition) is 0. The Kier molecular flexibility index (Phi) is 10.3. The minimum atomic E-state index is -0.655. The highest BCUT2D eigenvalue weighted by molar-refractivity contribution is 6.07. The summed E-state index contributed by atoms with van der Waals surface area (Å²) in [7, 11) is 8.83. The van der Waals surface area contributed by atoms with E-state index in [0.29, 0.717) is 57.1 Å². The van der Waals surface area contributed by atoms with Gasteiger partial charge in [-0.15, -0.1) is 0 Å². The van der Waals surface area contributed by atoms with Gasteiger partial charge in [-0.2, -0.15) is 0 Å². The van der Waals surface area contributed by atoms with Gasteiger partial charge in [0.15, 0.2) is 0 Å². The molecule has 0 aliphatic rings. The number of carbonyl (C=O) groups excluding carboxylic acids is 2. The fourth-order valence-corrected chi connectivity index (χ4v) is 5.53. The number of ether oxygens (including phenoxy) is 6. The number of anilines is 6. The van der Waals surface area contributed by atoms with Gasteiger partial charge >= 0.3 is 11.9 Å². The van der Waals surface area contributed by atoms with Crippen LogP contribution in [0.5, 0.6) is 23.0 Å². The molecule has 0 heterocycles. The minimum absolute atomic E-state index is 0.131. The first-order valence-corrected chi connectivity index (χ1v) is 14.9. The van der Waals surface area contributed by atoms with Crippen LogP contribution in [0, 0.1) is 0 Å². The van der Waals surface area contributed by atoms with Crippen LogP contribution in [0.1, 0.15) is 20.7 Å². The Bertz CT molecular complexity index is 1690. The predicted octanol–water partition coefficient (Wildman–Crippen LogP) is 8.23. The third-order valence-corrected chi connectivity index (χ3v) is 7.71. The van der Waals surface area contributed by atoms with Crippen LogP contribution in [-0.2, 0) is 9.47 Å². The summed E-state index contributed by atoms with van der Waals surface area (Å²) in [6.45, 7) is 0. The standard InChI is InChI=1S/C38H36N2O8/c1-43-33-19-11-7-15-27(33)39(28-16-8-12-20-34(28)44-2)31-23-26(38(42)48-6)32(24-25(31)37(41)47-5)40(29-17-9-13-21-35(29)45-3)30-18-10-14-22-36(30)46-4/h7-24H,1-6H3. The number of methoxy groups -OCH3 is 6. The van der Waals surface area contributed by atoms with Crippen LogP contribution in [0.3, 0.4) is 0 Å². The number of para-hydroxylation sites is 8. The Labute approximate surface area is 279 Å². The van der Waals surface area contributed by atoms with E-state index < -0.39 is 11.9 Å². The number of rotatable bonds is 12. The zero-order chi connectivity index (χ0) is 34.2. The molecule has 48 heavy (non-hydrogen) atoms. The first-order chi connectivity index (χ1) is 23.4.